The molecule has 0 bridgehead atoms. The molecule has 4 rings (SSSR count). The van der Waals surface area contributed by atoms with E-state index in [-0.39, 0.29) is 5.91 Å². The maximum Gasteiger partial charge on any atom is 0.265 e. The second kappa shape index (κ2) is 10.8. The quantitative estimate of drug-likeness (QED) is 0.288. The smallest absolute Gasteiger partial charge is 0.265 e. The van der Waals surface area contributed by atoms with E-state index in [9.17, 15) is 4.79 Å². The number of hydrogen-bond acceptors (Lipinski definition) is 3. The number of aromatic nitrogens is 2. The van der Waals surface area contributed by atoms with Gasteiger partial charge in [0.15, 0.2) is 6.10 Å². The number of carbonyl (C=O) groups excluding carboxylic acids is 1. The molecule has 1 unspecified atom stereocenters. The van der Waals surface area contributed by atoms with Gasteiger partial charge in [-0.2, -0.15) is 0 Å². The Balaban J connectivity index is 1.56. The molecule has 0 fully saturated rings. The van der Waals surface area contributed by atoms with E-state index in [1.165, 1.54) is 5.56 Å². The number of nitrogens with one attached hydrogen (secondary N) is 2. The van der Waals surface area contributed by atoms with Crippen molar-refractivity contribution in [1.82, 2.24) is 9.97 Å². The summed E-state index contributed by atoms with van der Waals surface area (Å²) in [7, 11) is 0. The standard InChI is InChI=1S/C29H31N3O2/c1-4-5-15-27(34-26-17-16-20(2)18-21(26)3)29(33)32-24-14-10-9-13-23(24)25-19-30-28(31-25)22-11-7-6-8-12-22/h6-14,16-19,27H,4-5,15H2,1-3H3,(H,30,31)(H,32,33). The number of imidazole rings is 1. The van der Waals surface area contributed by atoms with Crippen molar-refractivity contribution in [2.75, 3.05) is 5.32 Å². The first-order valence-corrected chi connectivity index (χ1v) is 11.8. The van der Waals surface area contributed by atoms with E-state index in [1.54, 1.807) is 6.20 Å². The normalized spacial score (nSPS) is 11.7. The van der Waals surface area contributed by atoms with Crippen molar-refractivity contribution >= 4 is 11.6 Å². The van der Waals surface area contributed by atoms with Gasteiger partial charge < -0.3 is 15.0 Å². The third-order valence-electron chi connectivity index (χ3n) is 5.81. The molecule has 0 saturated heterocycles. The highest BCUT2D eigenvalue weighted by Crippen LogP contribution is 2.29. The van der Waals surface area contributed by atoms with Gasteiger partial charge in [-0.25, -0.2) is 4.98 Å². The first-order chi connectivity index (χ1) is 16.5. The summed E-state index contributed by atoms with van der Waals surface area (Å²) in [6, 6.07) is 23.8. The molecule has 5 nitrogen and oxygen atoms in total. The summed E-state index contributed by atoms with van der Waals surface area (Å²) < 4.78 is 6.21. The maximum atomic E-state index is 13.3. The number of ether oxygens (including phenoxy) is 1. The Morgan fingerprint density at radius 1 is 1.03 bits per heavy atom. The van der Waals surface area contributed by atoms with Crippen molar-refractivity contribution in [1.29, 1.82) is 0 Å². The number of aryl methyl sites for hydroxylation is 2. The summed E-state index contributed by atoms with van der Waals surface area (Å²) in [5.74, 6) is 1.38. The Hall–Kier alpha value is -3.86. The van der Waals surface area contributed by atoms with E-state index in [1.807, 2.05) is 80.6 Å². The molecule has 0 aliphatic rings. The number of aromatic amines is 1. The van der Waals surface area contributed by atoms with Crippen molar-refractivity contribution in [3.05, 3.63) is 90.1 Å². The topological polar surface area (TPSA) is 67.0 Å². The second-order valence-electron chi connectivity index (χ2n) is 8.56. The van der Waals surface area contributed by atoms with Gasteiger partial charge in [-0.15, -0.1) is 0 Å². The summed E-state index contributed by atoms with van der Waals surface area (Å²) in [5.41, 5.74) is 5.66. The Labute approximate surface area is 201 Å². The van der Waals surface area contributed by atoms with Crippen molar-refractivity contribution in [2.45, 2.75) is 46.1 Å². The number of nitrogens with zero attached hydrogens (tertiary/aromatic N) is 1. The van der Waals surface area contributed by atoms with E-state index in [2.05, 4.69) is 28.3 Å². The molecular formula is C29H31N3O2. The van der Waals surface area contributed by atoms with Gasteiger partial charge in [-0.1, -0.05) is 79.6 Å². The number of H-pyrrole nitrogens is 1. The fourth-order valence-corrected chi connectivity index (χ4v) is 3.96. The number of carbonyl (C=O) groups is 1. The van der Waals surface area contributed by atoms with Gasteiger partial charge in [0.25, 0.3) is 5.91 Å². The molecule has 4 aromatic rings. The molecule has 0 saturated carbocycles. The lowest BCUT2D eigenvalue weighted by Crippen LogP contribution is -2.33. The Morgan fingerprint density at radius 3 is 2.56 bits per heavy atom. The molecule has 174 valence electrons. The summed E-state index contributed by atoms with van der Waals surface area (Å²) in [6.45, 7) is 6.17. The number of rotatable bonds is 9. The highest BCUT2D eigenvalue weighted by atomic mass is 16.5. The fraction of sp³-hybridized carbons (Fsp3) is 0.241. The van der Waals surface area contributed by atoms with Crippen molar-refractivity contribution in [3.63, 3.8) is 0 Å². The Morgan fingerprint density at radius 2 is 1.79 bits per heavy atom. The monoisotopic (exact) mass is 453 g/mol. The van der Waals surface area contributed by atoms with Crippen LogP contribution in [0, 0.1) is 13.8 Å². The van der Waals surface area contributed by atoms with Gasteiger partial charge >= 0.3 is 0 Å². The Bertz CT molecular complexity index is 1250. The van der Waals surface area contributed by atoms with Crippen molar-refractivity contribution < 1.29 is 9.53 Å². The number of unbranched alkanes of at least 4 members (excludes halogenated alkanes) is 1. The summed E-state index contributed by atoms with van der Waals surface area (Å²) in [4.78, 5) is 21.3. The van der Waals surface area contributed by atoms with E-state index in [0.717, 1.165) is 52.5 Å². The molecule has 0 aliphatic heterocycles. The molecule has 0 spiro atoms. The highest BCUT2D eigenvalue weighted by molar-refractivity contribution is 5.98. The predicted molar refractivity (Wildman–Crippen MR) is 138 cm³/mol. The number of anilines is 1. The molecule has 1 amide bonds. The van der Waals surface area contributed by atoms with Gasteiger partial charge in [-0.3, -0.25) is 4.79 Å². The Kier molecular flexibility index (Phi) is 7.43. The third kappa shape index (κ3) is 5.54. The van der Waals surface area contributed by atoms with Crippen LogP contribution in [-0.2, 0) is 4.79 Å². The number of para-hydroxylation sites is 1. The largest absolute Gasteiger partial charge is 0.480 e. The third-order valence-corrected chi connectivity index (χ3v) is 5.81. The molecule has 0 aliphatic carbocycles. The SMILES string of the molecule is CCCCC(Oc1ccc(C)cc1C)C(=O)Nc1ccccc1-c1cnc(-c2ccccc2)[nH]1. The highest BCUT2D eigenvalue weighted by Gasteiger charge is 2.22. The van der Waals surface area contributed by atoms with Crippen LogP contribution in [0.2, 0.25) is 0 Å². The van der Waals surface area contributed by atoms with Gasteiger partial charge in [0.05, 0.1) is 17.6 Å². The zero-order valence-electron chi connectivity index (χ0n) is 20.0. The zero-order valence-corrected chi connectivity index (χ0v) is 20.0. The molecule has 2 N–H and O–H groups in total. The van der Waals surface area contributed by atoms with Crippen LogP contribution in [0.3, 0.4) is 0 Å². The molecule has 1 heterocycles. The minimum atomic E-state index is -0.573. The average Bonchev–Trinajstić information content (AvgIpc) is 3.34. The predicted octanol–water partition coefficient (Wildman–Crippen LogP) is 6.94. The molecule has 5 heteroatoms. The first-order valence-electron chi connectivity index (χ1n) is 11.8. The van der Waals surface area contributed by atoms with Crippen molar-refractivity contribution in [3.8, 4) is 28.4 Å². The minimum Gasteiger partial charge on any atom is -0.480 e. The van der Waals surface area contributed by atoms with Crippen LogP contribution in [0.25, 0.3) is 22.6 Å². The van der Waals surface area contributed by atoms with E-state index in [4.69, 9.17) is 4.74 Å². The van der Waals surface area contributed by atoms with E-state index in [0.29, 0.717) is 6.42 Å². The maximum absolute atomic E-state index is 13.3. The van der Waals surface area contributed by atoms with Crippen LogP contribution in [0.15, 0.2) is 79.0 Å². The minimum absolute atomic E-state index is 0.149. The van der Waals surface area contributed by atoms with Gasteiger partial charge in [0.2, 0.25) is 0 Å². The molecule has 0 radical (unpaired) electrons. The number of amides is 1. The summed E-state index contributed by atoms with van der Waals surface area (Å²) >= 11 is 0. The van der Waals surface area contributed by atoms with Crippen LogP contribution < -0.4 is 10.1 Å². The fourth-order valence-electron chi connectivity index (χ4n) is 3.96. The van der Waals surface area contributed by atoms with E-state index < -0.39 is 6.10 Å². The van der Waals surface area contributed by atoms with E-state index >= 15 is 0 Å². The molecule has 34 heavy (non-hydrogen) atoms. The van der Waals surface area contributed by atoms with Gasteiger partial charge in [0, 0.05) is 11.1 Å². The van der Waals surface area contributed by atoms with Gasteiger partial charge in [0.1, 0.15) is 11.6 Å². The van der Waals surface area contributed by atoms with Crippen LogP contribution in [0.4, 0.5) is 5.69 Å². The second-order valence-corrected chi connectivity index (χ2v) is 8.56. The molecule has 1 atom stereocenters. The molecule has 3 aromatic carbocycles. The van der Waals surface area contributed by atoms with Crippen LogP contribution in [0.5, 0.6) is 5.75 Å². The van der Waals surface area contributed by atoms with Crippen LogP contribution in [-0.4, -0.2) is 22.0 Å². The first kappa shape index (κ1) is 23.3. The summed E-state index contributed by atoms with van der Waals surface area (Å²) in [5, 5.41) is 3.11. The lowest BCUT2D eigenvalue weighted by molar-refractivity contribution is -0.123. The zero-order chi connectivity index (χ0) is 23.9. The summed E-state index contributed by atoms with van der Waals surface area (Å²) in [6.07, 6.45) is 3.78. The van der Waals surface area contributed by atoms with Crippen LogP contribution >= 0.6 is 0 Å². The molecular weight excluding hydrogens is 422 g/mol. The van der Waals surface area contributed by atoms with Crippen molar-refractivity contribution in [2.24, 2.45) is 0 Å². The number of hydrogen-bond donors (Lipinski definition) is 2. The number of benzene rings is 3. The molecule has 1 aromatic heterocycles. The average molecular weight is 454 g/mol. The lowest BCUT2D eigenvalue weighted by atomic mass is 10.1. The van der Waals surface area contributed by atoms with Gasteiger partial charge in [-0.05, 0) is 44.4 Å². The van der Waals surface area contributed by atoms with Crippen LogP contribution in [0.1, 0.15) is 37.3 Å². The lowest BCUT2D eigenvalue weighted by Gasteiger charge is -2.21.